The van der Waals surface area contributed by atoms with E-state index in [9.17, 15) is 0 Å². The first-order chi connectivity index (χ1) is 8.79. The third kappa shape index (κ3) is 5.21. The van der Waals surface area contributed by atoms with Crippen LogP contribution in [-0.2, 0) is 6.54 Å². The third-order valence-corrected chi connectivity index (χ3v) is 3.91. The summed E-state index contributed by atoms with van der Waals surface area (Å²) < 4.78 is 5.37. The fourth-order valence-corrected chi connectivity index (χ4v) is 2.82. The number of methoxy groups -OCH3 is 1. The minimum absolute atomic E-state index is 0. The van der Waals surface area contributed by atoms with Gasteiger partial charge in [0.05, 0.1) is 7.11 Å². The fraction of sp³-hybridized carbons (Fsp3) is 0.600. The maximum atomic E-state index is 6.04. The summed E-state index contributed by atoms with van der Waals surface area (Å²) in [5.74, 6) is 0.917. The lowest BCUT2D eigenvalue weighted by Crippen LogP contribution is -2.28. The topological polar surface area (TPSA) is 21.3 Å². The van der Waals surface area contributed by atoms with Gasteiger partial charge in [-0.1, -0.05) is 37.3 Å². The van der Waals surface area contributed by atoms with E-state index in [-0.39, 0.29) is 12.4 Å². The Morgan fingerprint density at radius 3 is 2.53 bits per heavy atom. The highest BCUT2D eigenvalue weighted by atomic mass is 35.5. The summed E-state index contributed by atoms with van der Waals surface area (Å²) >= 11 is 6.04. The number of hydrogen-bond acceptors (Lipinski definition) is 2. The number of ether oxygens (including phenoxy) is 1. The van der Waals surface area contributed by atoms with Crippen LogP contribution in [0.15, 0.2) is 18.2 Å². The average molecular weight is 304 g/mol. The van der Waals surface area contributed by atoms with E-state index in [4.69, 9.17) is 16.3 Å². The van der Waals surface area contributed by atoms with Crippen molar-refractivity contribution < 1.29 is 4.74 Å². The van der Waals surface area contributed by atoms with Crippen LogP contribution in [0.4, 0.5) is 0 Å². The minimum Gasteiger partial charge on any atom is -0.496 e. The van der Waals surface area contributed by atoms with Gasteiger partial charge in [-0.25, -0.2) is 0 Å². The molecule has 0 spiro atoms. The molecule has 0 radical (unpaired) electrons. The predicted molar refractivity (Wildman–Crippen MR) is 83.6 cm³/mol. The Morgan fingerprint density at radius 2 is 1.89 bits per heavy atom. The van der Waals surface area contributed by atoms with Crippen LogP contribution in [0.2, 0.25) is 5.02 Å². The molecule has 19 heavy (non-hydrogen) atoms. The second-order valence-corrected chi connectivity index (χ2v) is 5.46. The smallest absolute Gasteiger partial charge is 0.123 e. The second-order valence-electron chi connectivity index (χ2n) is 5.03. The molecular weight excluding hydrogens is 281 g/mol. The van der Waals surface area contributed by atoms with Gasteiger partial charge in [0.15, 0.2) is 0 Å². The van der Waals surface area contributed by atoms with Crippen LogP contribution in [0.5, 0.6) is 5.75 Å². The molecule has 0 unspecified atom stereocenters. The minimum atomic E-state index is 0. The maximum Gasteiger partial charge on any atom is 0.123 e. The van der Waals surface area contributed by atoms with Crippen LogP contribution in [0.1, 0.15) is 44.1 Å². The zero-order valence-electron chi connectivity index (χ0n) is 11.5. The molecule has 4 heteroatoms. The molecule has 1 aromatic carbocycles. The first-order valence-corrected chi connectivity index (χ1v) is 7.23. The number of benzene rings is 1. The van der Waals surface area contributed by atoms with Crippen molar-refractivity contribution in [2.45, 2.75) is 51.1 Å². The molecule has 0 aromatic heterocycles. The van der Waals surface area contributed by atoms with Gasteiger partial charge >= 0.3 is 0 Å². The lowest BCUT2D eigenvalue weighted by Gasteiger charge is -2.17. The molecule has 1 aromatic rings. The van der Waals surface area contributed by atoms with Crippen molar-refractivity contribution in [3.05, 3.63) is 28.8 Å². The average Bonchev–Trinajstić information content (AvgIpc) is 2.65. The Balaban J connectivity index is 0.00000180. The largest absolute Gasteiger partial charge is 0.496 e. The van der Waals surface area contributed by atoms with Crippen molar-refractivity contribution in [3.63, 3.8) is 0 Å². The van der Waals surface area contributed by atoms with Gasteiger partial charge in [-0.15, -0.1) is 12.4 Å². The van der Waals surface area contributed by atoms with Crippen LogP contribution in [0.25, 0.3) is 0 Å². The molecule has 0 atom stereocenters. The van der Waals surface area contributed by atoms with Gasteiger partial charge in [-0.2, -0.15) is 0 Å². The van der Waals surface area contributed by atoms with Crippen LogP contribution in [0.3, 0.4) is 0 Å². The van der Waals surface area contributed by atoms with Crippen molar-refractivity contribution >= 4 is 24.0 Å². The summed E-state index contributed by atoms with van der Waals surface area (Å²) in [6.45, 7) is 0.842. The molecule has 0 aliphatic heterocycles. The Labute approximate surface area is 127 Å². The number of halogens is 2. The van der Waals surface area contributed by atoms with Gasteiger partial charge in [-0.05, 0) is 31.0 Å². The van der Waals surface area contributed by atoms with Crippen molar-refractivity contribution in [1.82, 2.24) is 5.32 Å². The molecule has 0 heterocycles. The molecule has 2 rings (SSSR count). The normalized spacial score (nSPS) is 16.5. The van der Waals surface area contributed by atoms with Crippen LogP contribution >= 0.6 is 24.0 Å². The van der Waals surface area contributed by atoms with E-state index in [1.807, 2.05) is 18.2 Å². The molecule has 0 amide bonds. The SMILES string of the molecule is COc1ccc(Cl)cc1CNC1CCCCCC1.Cl. The molecule has 1 saturated carbocycles. The maximum absolute atomic E-state index is 6.04. The van der Waals surface area contributed by atoms with E-state index < -0.39 is 0 Å². The monoisotopic (exact) mass is 303 g/mol. The van der Waals surface area contributed by atoms with E-state index in [2.05, 4.69) is 5.32 Å². The van der Waals surface area contributed by atoms with Crippen LogP contribution in [-0.4, -0.2) is 13.2 Å². The Bertz CT molecular complexity index is 376. The highest BCUT2D eigenvalue weighted by Gasteiger charge is 2.12. The summed E-state index contributed by atoms with van der Waals surface area (Å²) in [7, 11) is 1.71. The quantitative estimate of drug-likeness (QED) is 0.822. The van der Waals surface area contributed by atoms with Gasteiger partial charge in [0, 0.05) is 23.2 Å². The number of rotatable bonds is 4. The van der Waals surface area contributed by atoms with Gasteiger partial charge < -0.3 is 10.1 Å². The Morgan fingerprint density at radius 1 is 1.21 bits per heavy atom. The van der Waals surface area contributed by atoms with Crippen molar-refractivity contribution in [2.75, 3.05) is 7.11 Å². The molecule has 1 N–H and O–H groups in total. The first-order valence-electron chi connectivity index (χ1n) is 6.85. The van der Waals surface area contributed by atoms with Crippen LogP contribution in [0, 0.1) is 0 Å². The molecule has 2 nitrogen and oxygen atoms in total. The zero-order chi connectivity index (χ0) is 12.8. The zero-order valence-corrected chi connectivity index (χ0v) is 13.0. The van der Waals surface area contributed by atoms with Gasteiger partial charge in [0.1, 0.15) is 5.75 Å². The highest BCUT2D eigenvalue weighted by molar-refractivity contribution is 6.30. The summed E-state index contributed by atoms with van der Waals surface area (Å²) in [6.07, 6.45) is 8.07. The molecule has 1 fully saturated rings. The van der Waals surface area contributed by atoms with Gasteiger partial charge in [0.25, 0.3) is 0 Å². The van der Waals surface area contributed by atoms with E-state index in [1.165, 1.54) is 38.5 Å². The molecule has 1 aliphatic carbocycles. The molecule has 0 bridgehead atoms. The van der Waals surface area contributed by atoms with Gasteiger partial charge in [0.2, 0.25) is 0 Å². The lowest BCUT2D eigenvalue weighted by atomic mass is 10.1. The van der Waals surface area contributed by atoms with Crippen molar-refractivity contribution in [3.8, 4) is 5.75 Å². The molecule has 1 aliphatic rings. The van der Waals surface area contributed by atoms with E-state index >= 15 is 0 Å². The standard InChI is InChI=1S/C15H22ClNO.ClH/c1-18-15-9-8-13(16)10-12(15)11-17-14-6-4-2-3-5-7-14;/h8-10,14,17H,2-7,11H2,1H3;1H. The predicted octanol–water partition coefficient (Wildman–Crippen LogP) is 4.58. The summed E-state index contributed by atoms with van der Waals surface area (Å²) in [5, 5.41) is 4.41. The van der Waals surface area contributed by atoms with Crippen molar-refractivity contribution in [1.29, 1.82) is 0 Å². The van der Waals surface area contributed by atoms with Crippen LogP contribution < -0.4 is 10.1 Å². The van der Waals surface area contributed by atoms with E-state index in [0.29, 0.717) is 6.04 Å². The highest BCUT2D eigenvalue weighted by Crippen LogP contribution is 2.23. The second kappa shape index (κ2) is 8.68. The lowest BCUT2D eigenvalue weighted by molar-refractivity contribution is 0.401. The fourth-order valence-electron chi connectivity index (χ4n) is 2.62. The molecule has 0 saturated heterocycles. The Hall–Kier alpha value is -0.440. The Kier molecular flexibility index (Phi) is 7.59. The summed E-state index contributed by atoms with van der Waals surface area (Å²) in [4.78, 5) is 0. The van der Waals surface area contributed by atoms with E-state index in [1.54, 1.807) is 7.11 Å². The van der Waals surface area contributed by atoms with E-state index in [0.717, 1.165) is 22.9 Å². The molecular formula is C15H23Cl2NO. The summed E-state index contributed by atoms with van der Waals surface area (Å²) in [6, 6.07) is 6.45. The van der Waals surface area contributed by atoms with Gasteiger partial charge in [-0.3, -0.25) is 0 Å². The number of nitrogens with one attached hydrogen (secondary N) is 1. The summed E-state index contributed by atoms with van der Waals surface area (Å²) in [5.41, 5.74) is 1.15. The number of hydrogen-bond donors (Lipinski definition) is 1. The third-order valence-electron chi connectivity index (χ3n) is 3.68. The van der Waals surface area contributed by atoms with Crippen molar-refractivity contribution in [2.24, 2.45) is 0 Å². The molecule has 108 valence electrons. The first kappa shape index (κ1) is 16.6.